The van der Waals surface area contributed by atoms with Gasteiger partial charge in [-0.25, -0.2) is 12.7 Å². The van der Waals surface area contributed by atoms with Gasteiger partial charge in [0.15, 0.2) is 0 Å². The average Bonchev–Trinajstić information content (AvgIpc) is 2.79. The van der Waals surface area contributed by atoms with Gasteiger partial charge < -0.3 is 14.5 Å². The maximum atomic E-state index is 13.7. The average molecular weight is 478 g/mol. The molecule has 2 fully saturated rings. The second-order valence-corrected chi connectivity index (χ2v) is 12.1. The van der Waals surface area contributed by atoms with Crippen molar-refractivity contribution in [2.24, 2.45) is 0 Å². The molecule has 0 bridgehead atoms. The van der Waals surface area contributed by atoms with E-state index in [1.54, 1.807) is 29.4 Å². The van der Waals surface area contributed by atoms with Gasteiger partial charge in [0, 0.05) is 52.0 Å². The summed E-state index contributed by atoms with van der Waals surface area (Å²) >= 11 is 0. The molecule has 2 amide bonds. The molecule has 1 unspecified atom stereocenters. The summed E-state index contributed by atoms with van der Waals surface area (Å²) < 4.78 is 33.6. The van der Waals surface area contributed by atoms with E-state index in [1.165, 1.54) is 0 Å². The van der Waals surface area contributed by atoms with Crippen LogP contribution in [0.1, 0.15) is 61.4 Å². The van der Waals surface area contributed by atoms with E-state index >= 15 is 0 Å². The fraction of sp³-hybridized carbons (Fsp3) is 0.667. The lowest BCUT2D eigenvalue weighted by Crippen LogP contribution is -2.67. The molecule has 182 valence electrons. The van der Waals surface area contributed by atoms with Gasteiger partial charge in [0.25, 0.3) is 5.91 Å². The molecule has 3 aliphatic heterocycles. The highest BCUT2D eigenvalue weighted by atomic mass is 32.2. The van der Waals surface area contributed by atoms with E-state index in [0.717, 1.165) is 5.56 Å². The van der Waals surface area contributed by atoms with Crippen molar-refractivity contribution in [3.63, 3.8) is 0 Å². The maximum Gasteiger partial charge on any atom is 0.254 e. The van der Waals surface area contributed by atoms with Gasteiger partial charge in [-0.05, 0) is 51.2 Å². The number of sulfonamides is 1. The predicted molar refractivity (Wildman–Crippen MR) is 125 cm³/mol. The summed E-state index contributed by atoms with van der Waals surface area (Å²) in [5.74, 6) is -0.665. The van der Waals surface area contributed by atoms with Crippen LogP contribution in [0, 0.1) is 0 Å². The number of likely N-dealkylation sites (N-methyl/N-ethyl adjacent to an activating group) is 1. The van der Waals surface area contributed by atoms with Gasteiger partial charge in [0.2, 0.25) is 15.9 Å². The van der Waals surface area contributed by atoms with Crippen LogP contribution in [0.3, 0.4) is 0 Å². The smallest absolute Gasteiger partial charge is 0.254 e. The summed E-state index contributed by atoms with van der Waals surface area (Å²) in [7, 11) is 0.0196. The first kappa shape index (κ1) is 24.2. The van der Waals surface area contributed by atoms with E-state index in [4.69, 9.17) is 4.74 Å². The third-order valence-electron chi connectivity index (χ3n) is 7.48. The van der Waals surface area contributed by atoms with E-state index < -0.39 is 26.7 Å². The molecular formula is C24H35N3O5S. The number of amides is 2. The van der Waals surface area contributed by atoms with Crippen LogP contribution in [0.15, 0.2) is 24.3 Å². The molecule has 1 aromatic rings. The third kappa shape index (κ3) is 3.98. The van der Waals surface area contributed by atoms with Crippen molar-refractivity contribution >= 4 is 21.8 Å². The van der Waals surface area contributed by atoms with Gasteiger partial charge in [0.1, 0.15) is 0 Å². The number of benzene rings is 1. The molecule has 0 N–H and O–H groups in total. The molecule has 1 aromatic carbocycles. The fourth-order valence-electron chi connectivity index (χ4n) is 5.92. The van der Waals surface area contributed by atoms with Crippen molar-refractivity contribution in [1.29, 1.82) is 0 Å². The third-order valence-corrected chi connectivity index (χ3v) is 9.88. The number of nitrogens with zero attached hydrogens (tertiary/aromatic N) is 3. The van der Waals surface area contributed by atoms with Gasteiger partial charge in [-0.3, -0.25) is 9.59 Å². The van der Waals surface area contributed by atoms with Crippen LogP contribution in [0.2, 0.25) is 0 Å². The number of piperidine rings is 1. The minimum atomic E-state index is -3.45. The van der Waals surface area contributed by atoms with Gasteiger partial charge >= 0.3 is 0 Å². The Bertz CT molecular complexity index is 1010. The highest BCUT2D eigenvalue weighted by molar-refractivity contribution is 7.89. The minimum absolute atomic E-state index is 0.0543. The molecule has 0 aromatic heterocycles. The van der Waals surface area contributed by atoms with Crippen molar-refractivity contribution < 1.29 is 22.7 Å². The van der Waals surface area contributed by atoms with Crippen LogP contribution in [-0.4, -0.2) is 91.6 Å². The molecule has 1 spiro atoms. The number of hydrogen-bond donors (Lipinski definition) is 0. The van der Waals surface area contributed by atoms with Gasteiger partial charge in [0.05, 0.1) is 16.7 Å². The second kappa shape index (κ2) is 9.00. The van der Waals surface area contributed by atoms with Crippen LogP contribution in [-0.2, 0) is 19.6 Å². The van der Waals surface area contributed by atoms with Crippen molar-refractivity contribution in [3.05, 3.63) is 35.4 Å². The summed E-state index contributed by atoms with van der Waals surface area (Å²) in [4.78, 5) is 30.7. The van der Waals surface area contributed by atoms with Crippen LogP contribution < -0.4 is 0 Å². The van der Waals surface area contributed by atoms with E-state index in [9.17, 15) is 18.0 Å². The number of rotatable bonds is 4. The first-order valence-corrected chi connectivity index (χ1v) is 13.3. The molecule has 0 radical (unpaired) electrons. The highest BCUT2D eigenvalue weighted by Gasteiger charge is 2.57. The molecule has 3 heterocycles. The van der Waals surface area contributed by atoms with E-state index in [1.807, 2.05) is 36.9 Å². The Labute approximate surface area is 196 Å². The standard InChI is InChI=1S/C24H35N3O5S/c1-17(2)27-22(28)20-8-6-5-7-19(20)21(23(29)25(3)4)24(27)11-13-26(14-12-24)33(30,31)18-9-15-32-16-10-18/h5-8,17-18,21H,9-16H2,1-4H3. The van der Waals surface area contributed by atoms with Gasteiger partial charge in [-0.2, -0.15) is 0 Å². The molecule has 0 aliphatic carbocycles. The highest BCUT2D eigenvalue weighted by Crippen LogP contribution is 2.49. The normalized spacial score (nSPS) is 24.2. The Kier molecular flexibility index (Phi) is 6.59. The number of carbonyl (C=O) groups is 2. The van der Waals surface area contributed by atoms with Gasteiger partial charge in [-0.15, -0.1) is 0 Å². The quantitative estimate of drug-likeness (QED) is 0.663. The molecule has 4 rings (SSSR count). The SMILES string of the molecule is CC(C)N1C(=O)c2ccccc2C(C(=O)N(C)C)C12CCN(S(=O)(=O)C1CCOCC1)CC2. The van der Waals surface area contributed by atoms with Crippen molar-refractivity contribution in [1.82, 2.24) is 14.1 Å². The number of hydrogen-bond acceptors (Lipinski definition) is 5. The Morgan fingerprint density at radius 2 is 1.73 bits per heavy atom. The topological polar surface area (TPSA) is 87.2 Å². The predicted octanol–water partition coefficient (Wildman–Crippen LogP) is 2.07. The maximum absolute atomic E-state index is 13.7. The summed E-state index contributed by atoms with van der Waals surface area (Å²) in [5.41, 5.74) is 0.552. The van der Waals surface area contributed by atoms with Crippen LogP contribution in [0.25, 0.3) is 0 Å². The first-order valence-electron chi connectivity index (χ1n) is 11.8. The van der Waals surface area contributed by atoms with Crippen LogP contribution in [0.4, 0.5) is 0 Å². The van der Waals surface area contributed by atoms with E-state index in [2.05, 4.69) is 0 Å². The number of fused-ring (bicyclic) bond motifs is 1. The first-order chi connectivity index (χ1) is 15.6. The molecular weight excluding hydrogens is 442 g/mol. The van der Waals surface area contributed by atoms with Crippen molar-refractivity contribution in [2.45, 2.75) is 62.3 Å². The van der Waals surface area contributed by atoms with Crippen molar-refractivity contribution in [3.8, 4) is 0 Å². The van der Waals surface area contributed by atoms with Crippen LogP contribution >= 0.6 is 0 Å². The molecule has 0 saturated carbocycles. The Balaban J connectivity index is 1.73. The fourth-order valence-corrected chi connectivity index (χ4v) is 7.82. The molecule has 2 saturated heterocycles. The molecule has 3 aliphatic rings. The molecule has 8 nitrogen and oxygen atoms in total. The Morgan fingerprint density at radius 1 is 1.12 bits per heavy atom. The summed E-state index contributed by atoms with van der Waals surface area (Å²) in [6, 6.07) is 7.24. The zero-order chi connectivity index (χ0) is 24.0. The zero-order valence-electron chi connectivity index (χ0n) is 20.0. The lowest BCUT2D eigenvalue weighted by atomic mass is 9.67. The summed E-state index contributed by atoms with van der Waals surface area (Å²) in [5, 5.41) is -0.422. The van der Waals surface area contributed by atoms with Gasteiger partial charge in [-0.1, -0.05) is 18.2 Å². The van der Waals surface area contributed by atoms with Crippen molar-refractivity contribution in [2.75, 3.05) is 40.4 Å². The molecule has 1 atom stereocenters. The second-order valence-electron chi connectivity index (χ2n) is 9.88. The largest absolute Gasteiger partial charge is 0.381 e. The molecule has 33 heavy (non-hydrogen) atoms. The summed E-state index contributed by atoms with van der Waals surface area (Å²) in [6.07, 6.45) is 1.88. The number of ether oxygens (including phenoxy) is 1. The zero-order valence-corrected chi connectivity index (χ0v) is 20.8. The minimum Gasteiger partial charge on any atom is -0.381 e. The lowest BCUT2D eigenvalue weighted by molar-refractivity contribution is -0.136. The van der Waals surface area contributed by atoms with Crippen LogP contribution in [0.5, 0.6) is 0 Å². The summed E-state index contributed by atoms with van der Waals surface area (Å²) in [6.45, 7) is 5.47. The molecule has 9 heteroatoms. The van der Waals surface area contributed by atoms with E-state index in [-0.39, 0.29) is 17.9 Å². The Morgan fingerprint density at radius 3 is 2.30 bits per heavy atom. The Hall–Kier alpha value is -1.97. The number of carbonyl (C=O) groups excluding carboxylic acids is 2. The lowest BCUT2D eigenvalue weighted by Gasteiger charge is -2.56. The monoisotopic (exact) mass is 477 g/mol. The van der Waals surface area contributed by atoms with E-state index in [0.29, 0.717) is 57.6 Å².